The lowest BCUT2D eigenvalue weighted by Crippen LogP contribution is -2.38. The number of ether oxygens (including phenoxy) is 1. The first kappa shape index (κ1) is 14.6. The molecule has 0 aromatic heterocycles. The second-order valence-electron chi connectivity index (χ2n) is 5.14. The maximum absolute atomic E-state index is 14.3. The van der Waals surface area contributed by atoms with Gasteiger partial charge < -0.3 is 15.6 Å². The summed E-state index contributed by atoms with van der Waals surface area (Å²) in [6.45, 7) is 0.336. The Kier molecular flexibility index (Phi) is 4.36. The van der Waals surface area contributed by atoms with Crippen LogP contribution >= 0.6 is 15.9 Å². The molecule has 0 amide bonds. The van der Waals surface area contributed by atoms with E-state index in [9.17, 15) is 9.50 Å². The molecule has 3 nitrogen and oxygen atoms in total. The predicted octanol–water partition coefficient (Wildman–Crippen LogP) is 3.46. The first-order valence-electron chi connectivity index (χ1n) is 6.51. The standard InChI is InChI=1S/C14H19BrFNO2/c1-19-13-9(15)7-10(16)11(12(13)18)14(8-17)5-3-2-4-6-14/h7,18H,2-6,8,17H2,1H3. The van der Waals surface area contributed by atoms with Gasteiger partial charge in [-0.3, -0.25) is 0 Å². The van der Waals surface area contributed by atoms with Gasteiger partial charge in [0.1, 0.15) is 5.82 Å². The van der Waals surface area contributed by atoms with Crippen LogP contribution in [0.3, 0.4) is 0 Å². The van der Waals surface area contributed by atoms with E-state index < -0.39 is 11.2 Å². The summed E-state index contributed by atoms with van der Waals surface area (Å²) in [5.41, 5.74) is 5.75. The van der Waals surface area contributed by atoms with Gasteiger partial charge in [0.15, 0.2) is 11.5 Å². The Morgan fingerprint density at radius 2 is 2.05 bits per heavy atom. The fourth-order valence-electron chi connectivity index (χ4n) is 3.07. The van der Waals surface area contributed by atoms with Crippen molar-refractivity contribution in [1.29, 1.82) is 0 Å². The average molecular weight is 332 g/mol. The third-order valence-corrected chi connectivity index (χ3v) is 4.69. The Morgan fingerprint density at radius 3 is 2.58 bits per heavy atom. The molecule has 0 radical (unpaired) electrons. The van der Waals surface area contributed by atoms with Crippen molar-refractivity contribution in [3.63, 3.8) is 0 Å². The molecule has 0 bridgehead atoms. The van der Waals surface area contributed by atoms with Gasteiger partial charge in [0.05, 0.1) is 11.6 Å². The van der Waals surface area contributed by atoms with Crippen LogP contribution in [0.25, 0.3) is 0 Å². The summed E-state index contributed by atoms with van der Waals surface area (Å²) in [6, 6.07) is 1.35. The minimum Gasteiger partial charge on any atom is -0.504 e. The zero-order valence-corrected chi connectivity index (χ0v) is 12.6. The Labute approximate surface area is 121 Å². The predicted molar refractivity (Wildman–Crippen MR) is 76.1 cm³/mol. The normalized spacial score (nSPS) is 18.3. The fraction of sp³-hybridized carbons (Fsp3) is 0.571. The van der Waals surface area contributed by atoms with E-state index in [-0.39, 0.29) is 11.5 Å². The van der Waals surface area contributed by atoms with Gasteiger partial charge in [-0.25, -0.2) is 4.39 Å². The summed E-state index contributed by atoms with van der Waals surface area (Å²) in [5.74, 6) is -0.269. The van der Waals surface area contributed by atoms with Crippen molar-refractivity contribution < 1.29 is 14.2 Å². The highest BCUT2D eigenvalue weighted by atomic mass is 79.9. The van der Waals surface area contributed by atoms with E-state index in [2.05, 4.69) is 15.9 Å². The largest absolute Gasteiger partial charge is 0.504 e. The topological polar surface area (TPSA) is 55.5 Å². The number of phenolic OH excluding ortho intramolecular Hbond substituents is 1. The van der Waals surface area contributed by atoms with Crippen LogP contribution in [0.1, 0.15) is 37.7 Å². The number of methoxy groups -OCH3 is 1. The molecule has 0 spiro atoms. The number of rotatable bonds is 3. The molecule has 1 saturated carbocycles. The van der Waals surface area contributed by atoms with Gasteiger partial charge in [-0.15, -0.1) is 0 Å². The van der Waals surface area contributed by atoms with Crippen molar-refractivity contribution in [2.75, 3.05) is 13.7 Å². The van der Waals surface area contributed by atoms with Crippen LogP contribution < -0.4 is 10.5 Å². The van der Waals surface area contributed by atoms with E-state index in [1.807, 2.05) is 0 Å². The molecular formula is C14H19BrFNO2. The van der Waals surface area contributed by atoms with E-state index in [4.69, 9.17) is 10.5 Å². The van der Waals surface area contributed by atoms with Crippen molar-refractivity contribution >= 4 is 15.9 Å². The Hall–Kier alpha value is -0.810. The number of aromatic hydroxyl groups is 1. The second-order valence-corrected chi connectivity index (χ2v) is 6.00. The number of benzene rings is 1. The van der Waals surface area contributed by atoms with E-state index in [1.165, 1.54) is 13.2 Å². The minimum absolute atomic E-state index is 0.123. The summed E-state index contributed by atoms with van der Waals surface area (Å²) in [5, 5.41) is 10.3. The van der Waals surface area contributed by atoms with Crippen molar-refractivity contribution in [2.45, 2.75) is 37.5 Å². The first-order chi connectivity index (χ1) is 9.05. The molecule has 0 unspecified atom stereocenters. The van der Waals surface area contributed by atoms with Crippen molar-refractivity contribution in [2.24, 2.45) is 5.73 Å². The molecule has 1 aliphatic carbocycles. The summed E-state index contributed by atoms with van der Waals surface area (Å²) in [4.78, 5) is 0. The van der Waals surface area contributed by atoms with Gasteiger partial charge in [-0.05, 0) is 34.8 Å². The quantitative estimate of drug-likeness (QED) is 0.891. The summed E-state index contributed by atoms with van der Waals surface area (Å²) in [6.07, 6.45) is 4.76. The van der Waals surface area contributed by atoms with E-state index in [0.717, 1.165) is 32.1 Å². The maximum atomic E-state index is 14.3. The summed E-state index contributed by atoms with van der Waals surface area (Å²) in [7, 11) is 1.46. The number of halogens is 2. The molecule has 0 aliphatic heterocycles. The van der Waals surface area contributed by atoms with Gasteiger partial charge >= 0.3 is 0 Å². The number of nitrogens with two attached hydrogens (primary N) is 1. The molecule has 1 aromatic rings. The highest BCUT2D eigenvalue weighted by Crippen LogP contribution is 2.48. The third kappa shape index (κ3) is 2.46. The van der Waals surface area contributed by atoms with Gasteiger partial charge in [0.25, 0.3) is 0 Å². The van der Waals surface area contributed by atoms with Crippen LogP contribution in [0.15, 0.2) is 10.5 Å². The van der Waals surface area contributed by atoms with Gasteiger partial charge in [-0.2, -0.15) is 0 Å². The Balaban J connectivity index is 2.59. The number of hydrogen-bond donors (Lipinski definition) is 2. The van der Waals surface area contributed by atoms with Crippen molar-refractivity contribution in [1.82, 2.24) is 0 Å². The molecule has 1 fully saturated rings. The average Bonchev–Trinajstić information content (AvgIpc) is 2.39. The second kappa shape index (κ2) is 5.67. The molecule has 3 N–H and O–H groups in total. The lowest BCUT2D eigenvalue weighted by atomic mass is 9.69. The lowest BCUT2D eigenvalue weighted by molar-refractivity contribution is 0.275. The van der Waals surface area contributed by atoms with Crippen LogP contribution in [0, 0.1) is 5.82 Å². The molecular weight excluding hydrogens is 313 g/mol. The molecule has 2 rings (SSSR count). The highest BCUT2D eigenvalue weighted by molar-refractivity contribution is 9.10. The van der Waals surface area contributed by atoms with Crippen LogP contribution in [-0.4, -0.2) is 18.8 Å². The molecule has 5 heteroatoms. The number of hydrogen-bond acceptors (Lipinski definition) is 3. The smallest absolute Gasteiger partial charge is 0.175 e. The molecule has 0 heterocycles. The van der Waals surface area contributed by atoms with E-state index >= 15 is 0 Å². The Morgan fingerprint density at radius 1 is 1.42 bits per heavy atom. The van der Waals surface area contributed by atoms with Crippen molar-refractivity contribution in [3.05, 3.63) is 21.9 Å². The zero-order valence-electron chi connectivity index (χ0n) is 11.0. The molecule has 0 atom stereocenters. The third-order valence-electron chi connectivity index (χ3n) is 4.10. The number of phenols is 1. The zero-order chi connectivity index (χ0) is 14.0. The summed E-state index contributed by atoms with van der Waals surface area (Å²) >= 11 is 3.20. The van der Waals surface area contributed by atoms with Gasteiger partial charge in [0.2, 0.25) is 0 Å². The molecule has 1 aliphatic rings. The van der Waals surface area contributed by atoms with E-state index in [0.29, 0.717) is 16.6 Å². The Bertz CT molecular complexity index is 473. The van der Waals surface area contributed by atoms with Crippen LogP contribution in [0.2, 0.25) is 0 Å². The summed E-state index contributed by atoms with van der Waals surface area (Å²) < 4.78 is 19.9. The van der Waals surface area contributed by atoms with Gasteiger partial charge in [0, 0.05) is 17.5 Å². The fourth-order valence-corrected chi connectivity index (χ4v) is 3.62. The minimum atomic E-state index is -0.472. The molecule has 0 saturated heterocycles. The lowest BCUT2D eigenvalue weighted by Gasteiger charge is -2.37. The highest BCUT2D eigenvalue weighted by Gasteiger charge is 2.38. The van der Waals surface area contributed by atoms with Crippen LogP contribution in [-0.2, 0) is 5.41 Å². The molecule has 19 heavy (non-hydrogen) atoms. The maximum Gasteiger partial charge on any atom is 0.175 e. The SMILES string of the molecule is COc1c(Br)cc(F)c(C2(CN)CCCCC2)c1O. The van der Waals surface area contributed by atoms with Crippen molar-refractivity contribution in [3.8, 4) is 11.5 Å². The monoisotopic (exact) mass is 331 g/mol. The van der Waals surface area contributed by atoms with Crippen LogP contribution in [0.5, 0.6) is 11.5 Å². The van der Waals surface area contributed by atoms with Crippen LogP contribution in [0.4, 0.5) is 4.39 Å². The van der Waals surface area contributed by atoms with Gasteiger partial charge in [-0.1, -0.05) is 19.3 Å². The first-order valence-corrected chi connectivity index (χ1v) is 7.30. The van der Waals surface area contributed by atoms with E-state index in [1.54, 1.807) is 0 Å². The molecule has 1 aromatic carbocycles. The molecule has 106 valence electrons.